The van der Waals surface area contributed by atoms with Crippen LogP contribution in [0.1, 0.15) is 25.7 Å². The molecule has 2 heteroatoms. The van der Waals surface area contributed by atoms with Gasteiger partial charge in [-0.15, -0.1) is 0 Å². The van der Waals surface area contributed by atoms with Crippen LogP contribution in [0.3, 0.4) is 0 Å². The SMILES string of the molecule is NCC1(CO)CCCC1. The zero-order valence-electron chi connectivity index (χ0n) is 5.77. The van der Waals surface area contributed by atoms with Crippen molar-refractivity contribution in [3.05, 3.63) is 0 Å². The van der Waals surface area contributed by atoms with Gasteiger partial charge in [0.2, 0.25) is 0 Å². The predicted octanol–water partition coefficient (Wildman–Crippen LogP) is 0.498. The van der Waals surface area contributed by atoms with E-state index in [9.17, 15) is 0 Å². The predicted molar refractivity (Wildman–Crippen MR) is 37.0 cm³/mol. The number of hydrogen-bond acceptors (Lipinski definition) is 2. The van der Waals surface area contributed by atoms with Gasteiger partial charge < -0.3 is 10.8 Å². The van der Waals surface area contributed by atoms with Gasteiger partial charge in [-0.05, 0) is 12.8 Å². The Balaban J connectivity index is 2.45. The van der Waals surface area contributed by atoms with Crippen LogP contribution in [0.5, 0.6) is 0 Å². The lowest BCUT2D eigenvalue weighted by Gasteiger charge is -2.23. The van der Waals surface area contributed by atoms with Gasteiger partial charge in [-0.3, -0.25) is 0 Å². The summed E-state index contributed by atoms with van der Waals surface area (Å²) in [7, 11) is 0. The van der Waals surface area contributed by atoms with Crippen molar-refractivity contribution in [3.8, 4) is 0 Å². The normalized spacial score (nSPS) is 24.7. The monoisotopic (exact) mass is 129 g/mol. The highest BCUT2D eigenvalue weighted by Crippen LogP contribution is 2.36. The van der Waals surface area contributed by atoms with Crippen molar-refractivity contribution in [2.24, 2.45) is 11.1 Å². The average Bonchev–Trinajstić information content (AvgIpc) is 2.36. The van der Waals surface area contributed by atoms with E-state index in [-0.39, 0.29) is 12.0 Å². The van der Waals surface area contributed by atoms with Crippen molar-refractivity contribution in [2.75, 3.05) is 13.2 Å². The maximum atomic E-state index is 8.94. The summed E-state index contributed by atoms with van der Waals surface area (Å²) in [5.41, 5.74) is 5.63. The molecule has 0 aromatic carbocycles. The fourth-order valence-corrected chi connectivity index (χ4v) is 1.55. The van der Waals surface area contributed by atoms with Crippen molar-refractivity contribution in [1.29, 1.82) is 0 Å². The minimum absolute atomic E-state index is 0.111. The van der Waals surface area contributed by atoms with Crippen molar-refractivity contribution in [2.45, 2.75) is 25.7 Å². The Kier molecular flexibility index (Phi) is 2.09. The van der Waals surface area contributed by atoms with Gasteiger partial charge in [-0.2, -0.15) is 0 Å². The Bertz CT molecular complexity index is 80.9. The van der Waals surface area contributed by atoms with Crippen LogP contribution in [0.4, 0.5) is 0 Å². The fourth-order valence-electron chi connectivity index (χ4n) is 1.55. The second kappa shape index (κ2) is 2.67. The second-order valence-corrected chi connectivity index (χ2v) is 3.07. The molecule has 0 aliphatic heterocycles. The van der Waals surface area contributed by atoms with Crippen molar-refractivity contribution >= 4 is 0 Å². The van der Waals surface area contributed by atoms with E-state index in [1.807, 2.05) is 0 Å². The summed E-state index contributed by atoms with van der Waals surface area (Å²) < 4.78 is 0. The molecule has 2 nitrogen and oxygen atoms in total. The van der Waals surface area contributed by atoms with Crippen molar-refractivity contribution in [1.82, 2.24) is 0 Å². The third kappa shape index (κ3) is 1.25. The number of hydrogen-bond donors (Lipinski definition) is 2. The van der Waals surface area contributed by atoms with E-state index >= 15 is 0 Å². The molecule has 0 saturated heterocycles. The smallest absolute Gasteiger partial charge is 0.0499 e. The lowest BCUT2D eigenvalue weighted by Crippen LogP contribution is -2.30. The van der Waals surface area contributed by atoms with E-state index in [4.69, 9.17) is 10.8 Å². The Morgan fingerprint density at radius 3 is 2.11 bits per heavy atom. The van der Waals surface area contributed by atoms with Gasteiger partial charge >= 0.3 is 0 Å². The molecule has 0 heterocycles. The standard InChI is InChI=1S/C7H15NO/c8-5-7(6-9)3-1-2-4-7/h9H,1-6,8H2. The van der Waals surface area contributed by atoms with Crippen molar-refractivity contribution < 1.29 is 5.11 Å². The van der Waals surface area contributed by atoms with Crippen LogP contribution < -0.4 is 5.73 Å². The zero-order valence-corrected chi connectivity index (χ0v) is 5.77. The minimum atomic E-state index is 0.111. The Labute approximate surface area is 56.1 Å². The average molecular weight is 129 g/mol. The molecule has 1 saturated carbocycles. The van der Waals surface area contributed by atoms with Gasteiger partial charge in [0.1, 0.15) is 0 Å². The highest BCUT2D eigenvalue weighted by Gasteiger charge is 2.31. The molecule has 0 radical (unpaired) electrons. The molecule has 54 valence electrons. The molecule has 0 spiro atoms. The maximum Gasteiger partial charge on any atom is 0.0499 e. The van der Waals surface area contributed by atoms with Crippen molar-refractivity contribution in [3.63, 3.8) is 0 Å². The summed E-state index contributed by atoms with van der Waals surface area (Å²) in [6, 6.07) is 0. The third-order valence-corrected chi connectivity index (χ3v) is 2.43. The van der Waals surface area contributed by atoms with Gasteiger partial charge in [0.25, 0.3) is 0 Å². The summed E-state index contributed by atoms with van der Waals surface area (Å²) in [4.78, 5) is 0. The van der Waals surface area contributed by atoms with E-state index in [0.717, 1.165) is 12.8 Å². The molecule has 1 aliphatic rings. The molecule has 9 heavy (non-hydrogen) atoms. The van der Waals surface area contributed by atoms with Gasteiger partial charge in [0, 0.05) is 18.6 Å². The minimum Gasteiger partial charge on any atom is -0.396 e. The molecule has 1 rings (SSSR count). The van der Waals surface area contributed by atoms with E-state index in [0.29, 0.717) is 6.54 Å². The van der Waals surface area contributed by atoms with E-state index < -0.39 is 0 Å². The molecule has 3 N–H and O–H groups in total. The van der Waals surface area contributed by atoms with Crippen LogP contribution in [-0.4, -0.2) is 18.3 Å². The highest BCUT2D eigenvalue weighted by atomic mass is 16.3. The first-order valence-electron chi connectivity index (χ1n) is 3.64. The summed E-state index contributed by atoms with van der Waals surface area (Å²) in [5, 5.41) is 8.94. The first kappa shape index (κ1) is 7.03. The van der Waals surface area contributed by atoms with E-state index in [2.05, 4.69) is 0 Å². The van der Waals surface area contributed by atoms with Crippen LogP contribution in [-0.2, 0) is 0 Å². The summed E-state index contributed by atoms with van der Waals surface area (Å²) in [5.74, 6) is 0. The van der Waals surface area contributed by atoms with E-state index in [1.54, 1.807) is 0 Å². The molecular weight excluding hydrogens is 114 g/mol. The van der Waals surface area contributed by atoms with Gasteiger partial charge in [-0.1, -0.05) is 12.8 Å². The molecule has 0 unspecified atom stereocenters. The van der Waals surface area contributed by atoms with Crippen LogP contribution in [0.2, 0.25) is 0 Å². The third-order valence-electron chi connectivity index (χ3n) is 2.43. The summed E-state index contributed by atoms with van der Waals surface area (Å²) >= 11 is 0. The quantitative estimate of drug-likeness (QED) is 0.570. The molecule has 0 aromatic heterocycles. The van der Waals surface area contributed by atoms with Crippen LogP contribution in [0, 0.1) is 5.41 Å². The molecule has 0 atom stereocenters. The number of aliphatic hydroxyl groups is 1. The lowest BCUT2D eigenvalue weighted by atomic mass is 9.88. The molecule has 1 fully saturated rings. The lowest BCUT2D eigenvalue weighted by molar-refractivity contribution is 0.138. The second-order valence-electron chi connectivity index (χ2n) is 3.07. The Morgan fingerprint density at radius 1 is 1.33 bits per heavy atom. The summed E-state index contributed by atoms with van der Waals surface area (Å²) in [6.07, 6.45) is 4.75. The zero-order chi connectivity index (χ0) is 6.74. The van der Waals surface area contributed by atoms with Gasteiger partial charge in [0.05, 0.1) is 0 Å². The number of nitrogens with two attached hydrogens (primary N) is 1. The van der Waals surface area contributed by atoms with Crippen LogP contribution >= 0.6 is 0 Å². The number of aliphatic hydroxyl groups excluding tert-OH is 1. The van der Waals surface area contributed by atoms with Crippen LogP contribution in [0.15, 0.2) is 0 Å². The Morgan fingerprint density at radius 2 is 1.89 bits per heavy atom. The topological polar surface area (TPSA) is 46.2 Å². The van der Waals surface area contributed by atoms with Crippen LogP contribution in [0.25, 0.3) is 0 Å². The highest BCUT2D eigenvalue weighted by molar-refractivity contribution is 4.84. The summed E-state index contributed by atoms with van der Waals surface area (Å²) in [6.45, 7) is 0.938. The fraction of sp³-hybridized carbons (Fsp3) is 1.00. The number of rotatable bonds is 2. The molecule has 0 bridgehead atoms. The van der Waals surface area contributed by atoms with E-state index in [1.165, 1.54) is 12.8 Å². The molecular formula is C7H15NO. The van der Waals surface area contributed by atoms with Gasteiger partial charge in [0.15, 0.2) is 0 Å². The molecule has 0 aromatic rings. The maximum absolute atomic E-state index is 8.94. The molecule has 1 aliphatic carbocycles. The van der Waals surface area contributed by atoms with Gasteiger partial charge in [-0.25, -0.2) is 0 Å². The largest absolute Gasteiger partial charge is 0.396 e. The first-order chi connectivity index (χ1) is 4.33. The first-order valence-corrected chi connectivity index (χ1v) is 3.64. The molecule has 0 amide bonds. The Hall–Kier alpha value is -0.0800.